The zero-order valence-electron chi connectivity index (χ0n) is 8.06. The summed E-state index contributed by atoms with van der Waals surface area (Å²) in [7, 11) is 0. The SMILES string of the molecule is O=C(O)Cc1cc(I)nc([N+](=O)[O-])c1C(F)F. The van der Waals surface area contributed by atoms with Crippen molar-refractivity contribution in [1.29, 1.82) is 0 Å². The minimum Gasteiger partial charge on any atom is -0.481 e. The molecule has 0 atom stereocenters. The quantitative estimate of drug-likeness (QED) is 0.385. The molecular weight excluding hydrogens is 353 g/mol. The molecule has 1 heterocycles. The number of hydrogen-bond acceptors (Lipinski definition) is 4. The maximum absolute atomic E-state index is 12.7. The number of hydrogen-bond donors (Lipinski definition) is 1. The Kier molecular flexibility index (Phi) is 4.26. The zero-order valence-corrected chi connectivity index (χ0v) is 10.2. The van der Waals surface area contributed by atoms with Gasteiger partial charge in [0.15, 0.2) is 0 Å². The fraction of sp³-hybridized carbons (Fsp3) is 0.250. The van der Waals surface area contributed by atoms with E-state index < -0.39 is 35.1 Å². The van der Waals surface area contributed by atoms with Crippen LogP contribution in [0.25, 0.3) is 0 Å². The van der Waals surface area contributed by atoms with Crippen molar-refractivity contribution in [2.45, 2.75) is 12.8 Å². The van der Waals surface area contributed by atoms with Crippen LogP contribution in [0.15, 0.2) is 6.07 Å². The third-order valence-corrected chi connectivity index (χ3v) is 2.38. The summed E-state index contributed by atoms with van der Waals surface area (Å²) in [5, 5.41) is 19.1. The molecule has 0 aliphatic heterocycles. The van der Waals surface area contributed by atoms with Crippen LogP contribution in [0.3, 0.4) is 0 Å². The molecule has 0 aromatic carbocycles. The average Bonchev–Trinajstić information content (AvgIpc) is 2.14. The number of carboxylic acid groups (broad SMARTS) is 1. The highest BCUT2D eigenvalue weighted by Gasteiger charge is 2.29. The second-order valence-electron chi connectivity index (χ2n) is 2.97. The van der Waals surface area contributed by atoms with Crippen molar-refractivity contribution in [3.8, 4) is 0 Å². The molecule has 9 heteroatoms. The van der Waals surface area contributed by atoms with Crippen LogP contribution in [-0.2, 0) is 11.2 Å². The van der Waals surface area contributed by atoms with Crippen molar-refractivity contribution in [3.63, 3.8) is 0 Å². The molecule has 0 aliphatic carbocycles. The van der Waals surface area contributed by atoms with E-state index in [2.05, 4.69) is 4.98 Å². The van der Waals surface area contributed by atoms with E-state index in [1.165, 1.54) is 0 Å². The third-order valence-electron chi connectivity index (χ3n) is 1.83. The molecule has 0 saturated carbocycles. The lowest BCUT2D eigenvalue weighted by Gasteiger charge is -2.07. The van der Waals surface area contributed by atoms with Gasteiger partial charge >= 0.3 is 11.8 Å². The van der Waals surface area contributed by atoms with Gasteiger partial charge in [0.25, 0.3) is 6.43 Å². The third kappa shape index (κ3) is 3.28. The van der Waals surface area contributed by atoms with E-state index in [-0.39, 0.29) is 9.26 Å². The summed E-state index contributed by atoms with van der Waals surface area (Å²) < 4.78 is 25.5. The van der Waals surface area contributed by atoms with Crippen LogP contribution in [0.5, 0.6) is 0 Å². The van der Waals surface area contributed by atoms with Crippen LogP contribution >= 0.6 is 22.6 Å². The molecule has 0 radical (unpaired) electrons. The molecule has 1 rings (SSSR count). The minimum atomic E-state index is -3.14. The number of aliphatic carboxylic acids is 1. The number of carbonyl (C=O) groups is 1. The number of halogens is 3. The average molecular weight is 358 g/mol. The standard InChI is InChI=1S/C8H5F2IN2O4/c9-7(10)6-3(2-5(14)15)1-4(11)12-8(6)13(16)17/h1,7H,2H2,(H,14,15). The first kappa shape index (κ1) is 13.7. The van der Waals surface area contributed by atoms with Gasteiger partial charge in [-0.15, -0.1) is 0 Å². The normalized spacial score (nSPS) is 10.6. The molecule has 92 valence electrons. The Balaban J connectivity index is 3.45. The Morgan fingerprint density at radius 2 is 2.24 bits per heavy atom. The second-order valence-corrected chi connectivity index (χ2v) is 4.07. The molecule has 0 bridgehead atoms. The molecule has 0 saturated heterocycles. The summed E-state index contributed by atoms with van der Waals surface area (Å²) in [5.74, 6) is -2.34. The van der Waals surface area contributed by atoms with Crippen molar-refractivity contribution < 1.29 is 23.6 Å². The molecule has 0 unspecified atom stereocenters. The van der Waals surface area contributed by atoms with E-state index in [1.54, 1.807) is 22.6 Å². The van der Waals surface area contributed by atoms with E-state index in [0.29, 0.717) is 0 Å². The van der Waals surface area contributed by atoms with Gasteiger partial charge in [-0.2, -0.15) is 0 Å². The lowest BCUT2D eigenvalue weighted by atomic mass is 10.1. The molecule has 17 heavy (non-hydrogen) atoms. The molecule has 1 N–H and O–H groups in total. The number of nitro groups is 1. The van der Waals surface area contributed by atoms with Crippen molar-refractivity contribution >= 4 is 34.4 Å². The molecule has 0 fully saturated rings. The maximum atomic E-state index is 12.7. The fourth-order valence-corrected chi connectivity index (χ4v) is 1.85. The van der Waals surface area contributed by atoms with Crippen LogP contribution in [0.4, 0.5) is 14.6 Å². The van der Waals surface area contributed by atoms with Gasteiger partial charge in [-0.25, -0.2) is 8.78 Å². The predicted octanol–water partition coefficient (Wildman–Crippen LogP) is 2.16. The zero-order chi connectivity index (χ0) is 13.2. The fourth-order valence-electron chi connectivity index (χ4n) is 1.24. The highest BCUT2D eigenvalue weighted by atomic mass is 127. The lowest BCUT2D eigenvalue weighted by molar-refractivity contribution is -0.391. The van der Waals surface area contributed by atoms with Gasteiger partial charge in [-0.05, 0) is 15.5 Å². The van der Waals surface area contributed by atoms with Gasteiger partial charge in [0, 0.05) is 28.7 Å². The Hall–Kier alpha value is -1.39. The molecule has 1 aromatic heterocycles. The number of pyridine rings is 1. The minimum absolute atomic E-state index is 0.0925. The van der Waals surface area contributed by atoms with Crippen molar-refractivity contribution in [3.05, 3.63) is 31.0 Å². The van der Waals surface area contributed by atoms with Crippen LogP contribution in [0.2, 0.25) is 0 Å². The first-order valence-electron chi connectivity index (χ1n) is 4.16. The summed E-state index contributed by atoms with van der Waals surface area (Å²) in [5.41, 5.74) is -1.23. The second kappa shape index (κ2) is 5.29. The van der Waals surface area contributed by atoms with Crippen molar-refractivity contribution in [1.82, 2.24) is 4.98 Å². The van der Waals surface area contributed by atoms with Crippen LogP contribution in [0, 0.1) is 13.8 Å². The number of aromatic nitrogens is 1. The Morgan fingerprint density at radius 3 is 2.65 bits per heavy atom. The van der Waals surface area contributed by atoms with Gasteiger partial charge in [-0.1, -0.05) is 0 Å². The first-order chi connectivity index (χ1) is 7.82. The number of alkyl halides is 2. The van der Waals surface area contributed by atoms with Crippen molar-refractivity contribution in [2.75, 3.05) is 0 Å². The van der Waals surface area contributed by atoms with E-state index in [4.69, 9.17) is 5.11 Å². The lowest BCUT2D eigenvalue weighted by Crippen LogP contribution is -2.09. The molecule has 0 aliphatic rings. The molecule has 0 spiro atoms. The maximum Gasteiger partial charge on any atom is 0.373 e. The van der Waals surface area contributed by atoms with E-state index >= 15 is 0 Å². The monoisotopic (exact) mass is 358 g/mol. The van der Waals surface area contributed by atoms with Gasteiger partial charge in [0.05, 0.1) is 6.42 Å². The highest BCUT2D eigenvalue weighted by Crippen LogP contribution is 2.31. The van der Waals surface area contributed by atoms with Gasteiger partial charge in [-0.3, -0.25) is 4.79 Å². The Morgan fingerprint density at radius 1 is 1.65 bits per heavy atom. The highest BCUT2D eigenvalue weighted by molar-refractivity contribution is 14.1. The summed E-state index contributed by atoms with van der Waals surface area (Å²) in [4.78, 5) is 23.4. The number of rotatable bonds is 4. The molecule has 1 aromatic rings. The van der Waals surface area contributed by atoms with E-state index in [9.17, 15) is 23.7 Å². The predicted molar refractivity (Wildman–Crippen MR) is 59.9 cm³/mol. The van der Waals surface area contributed by atoms with Gasteiger partial charge in [0.2, 0.25) is 3.70 Å². The van der Waals surface area contributed by atoms with Gasteiger partial charge in [0.1, 0.15) is 5.56 Å². The van der Waals surface area contributed by atoms with E-state index in [1.807, 2.05) is 0 Å². The number of nitrogens with zero attached hydrogens (tertiary/aromatic N) is 2. The Bertz CT molecular complexity index is 481. The summed E-state index contributed by atoms with van der Waals surface area (Å²) >= 11 is 1.60. The summed E-state index contributed by atoms with van der Waals surface area (Å²) in [6.45, 7) is 0. The Labute approximate surface area is 107 Å². The smallest absolute Gasteiger partial charge is 0.373 e. The van der Waals surface area contributed by atoms with Crippen molar-refractivity contribution in [2.24, 2.45) is 0 Å². The molecular formula is C8H5F2IN2O4. The van der Waals surface area contributed by atoms with Crippen LogP contribution in [0.1, 0.15) is 17.6 Å². The summed E-state index contributed by atoms with van der Waals surface area (Å²) in [6, 6.07) is 1.10. The topological polar surface area (TPSA) is 93.3 Å². The van der Waals surface area contributed by atoms with Crippen LogP contribution < -0.4 is 0 Å². The van der Waals surface area contributed by atoms with Crippen LogP contribution in [-0.4, -0.2) is 21.0 Å². The molecule has 6 nitrogen and oxygen atoms in total. The van der Waals surface area contributed by atoms with Gasteiger partial charge < -0.3 is 15.2 Å². The summed E-state index contributed by atoms with van der Waals surface area (Å²) in [6.07, 6.45) is -3.85. The molecule has 0 amide bonds. The first-order valence-corrected chi connectivity index (χ1v) is 5.24. The van der Waals surface area contributed by atoms with E-state index in [0.717, 1.165) is 6.07 Å². The number of carboxylic acids is 1. The largest absolute Gasteiger partial charge is 0.481 e.